The summed E-state index contributed by atoms with van der Waals surface area (Å²) in [6, 6.07) is 22.9. The number of aryl methyl sites for hydroxylation is 1. The highest BCUT2D eigenvalue weighted by Crippen LogP contribution is 2.32. The van der Waals surface area contributed by atoms with Crippen LogP contribution in [0, 0.1) is 12.7 Å². The van der Waals surface area contributed by atoms with Crippen molar-refractivity contribution < 1.29 is 31.8 Å². The summed E-state index contributed by atoms with van der Waals surface area (Å²) >= 11 is 0. The number of hydrogen-bond donors (Lipinski definition) is 1. The Balaban J connectivity index is 1.42. The van der Waals surface area contributed by atoms with Crippen molar-refractivity contribution in [1.82, 2.24) is 14.8 Å². The monoisotopic (exact) mass is 590 g/mol. The van der Waals surface area contributed by atoms with E-state index in [2.05, 4.69) is 15.4 Å². The smallest absolute Gasteiger partial charge is 0.416 e. The van der Waals surface area contributed by atoms with Crippen LogP contribution in [0.2, 0.25) is 0 Å². The van der Waals surface area contributed by atoms with Gasteiger partial charge in [0.15, 0.2) is 5.82 Å². The zero-order valence-electron chi connectivity index (χ0n) is 23.2. The molecule has 0 saturated heterocycles. The Kier molecular flexibility index (Phi) is 8.42. The zero-order valence-corrected chi connectivity index (χ0v) is 23.2. The third-order valence-electron chi connectivity index (χ3n) is 6.61. The van der Waals surface area contributed by atoms with Crippen LogP contribution in [0.15, 0.2) is 91.0 Å². The number of anilines is 1. The number of carbonyl (C=O) groups excluding carboxylic acids is 1. The highest BCUT2D eigenvalue weighted by Gasteiger charge is 2.30. The van der Waals surface area contributed by atoms with Crippen molar-refractivity contribution in [3.63, 3.8) is 0 Å². The number of amides is 1. The van der Waals surface area contributed by atoms with E-state index in [1.165, 1.54) is 35.0 Å². The average molecular weight is 591 g/mol. The van der Waals surface area contributed by atoms with Gasteiger partial charge < -0.3 is 14.8 Å². The number of aromatic nitrogens is 3. The molecule has 0 aliphatic rings. The minimum absolute atomic E-state index is 0.0274. The summed E-state index contributed by atoms with van der Waals surface area (Å²) in [5.41, 5.74) is 2.09. The van der Waals surface area contributed by atoms with Gasteiger partial charge in [-0.3, -0.25) is 4.79 Å². The summed E-state index contributed by atoms with van der Waals surface area (Å²) in [5.74, 6) is 0.121. The van der Waals surface area contributed by atoms with Crippen LogP contribution in [0.3, 0.4) is 0 Å². The predicted molar refractivity (Wildman–Crippen MR) is 153 cm³/mol. The number of rotatable bonds is 9. The number of ether oxygens (including phenoxy) is 2. The fraction of sp³-hybridized carbons (Fsp3) is 0.156. The lowest BCUT2D eigenvalue weighted by Crippen LogP contribution is -2.12. The van der Waals surface area contributed by atoms with Gasteiger partial charge >= 0.3 is 12.2 Å². The van der Waals surface area contributed by atoms with Crippen molar-refractivity contribution in [1.29, 1.82) is 0 Å². The number of carbonyl (C=O) groups is 1. The van der Waals surface area contributed by atoms with Crippen LogP contribution >= 0.6 is 0 Å². The normalized spacial score (nSPS) is 11.3. The molecule has 0 aliphatic carbocycles. The van der Waals surface area contributed by atoms with Gasteiger partial charge in [-0.15, -0.1) is 5.10 Å². The molecule has 0 bridgehead atoms. The minimum Gasteiger partial charge on any atom is -0.497 e. The van der Waals surface area contributed by atoms with Crippen molar-refractivity contribution in [3.05, 3.63) is 119 Å². The van der Waals surface area contributed by atoms with Gasteiger partial charge in [0.1, 0.15) is 11.6 Å². The van der Waals surface area contributed by atoms with Crippen molar-refractivity contribution in [2.45, 2.75) is 19.5 Å². The highest BCUT2D eigenvalue weighted by atomic mass is 19.4. The molecule has 0 spiro atoms. The van der Waals surface area contributed by atoms with E-state index in [1.807, 2.05) is 24.3 Å². The molecular weight excluding hydrogens is 564 g/mol. The number of methoxy groups -OCH3 is 1. The third kappa shape index (κ3) is 7.00. The van der Waals surface area contributed by atoms with Crippen molar-refractivity contribution in [3.8, 4) is 28.8 Å². The lowest BCUT2D eigenvalue weighted by Gasteiger charge is -2.11. The number of alkyl halides is 3. The third-order valence-corrected chi connectivity index (χ3v) is 6.61. The first-order chi connectivity index (χ1) is 20.6. The molecule has 1 N–H and O–H groups in total. The van der Waals surface area contributed by atoms with Gasteiger partial charge in [-0.1, -0.05) is 30.3 Å². The largest absolute Gasteiger partial charge is 0.497 e. The molecule has 0 radical (unpaired) electrons. The predicted octanol–water partition coefficient (Wildman–Crippen LogP) is 7.28. The molecule has 43 heavy (non-hydrogen) atoms. The first kappa shape index (κ1) is 29.3. The van der Waals surface area contributed by atoms with E-state index < -0.39 is 23.5 Å². The summed E-state index contributed by atoms with van der Waals surface area (Å²) in [6.45, 7) is 1.81. The minimum atomic E-state index is -4.49. The van der Waals surface area contributed by atoms with Crippen LogP contribution in [0.1, 0.15) is 27.0 Å². The number of hydrogen-bond acceptors (Lipinski definition) is 5. The lowest BCUT2D eigenvalue weighted by molar-refractivity contribution is -0.137. The Morgan fingerprint density at radius 3 is 2.37 bits per heavy atom. The quantitative estimate of drug-likeness (QED) is 0.183. The number of nitrogens with zero attached hydrogens (tertiary/aromatic N) is 3. The number of nitrogens with one attached hydrogen (secondary N) is 1. The molecule has 4 aromatic carbocycles. The van der Waals surface area contributed by atoms with Crippen molar-refractivity contribution in [2.24, 2.45) is 0 Å². The summed E-state index contributed by atoms with van der Waals surface area (Å²) in [7, 11) is 1.59. The van der Waals surface area contributed by atoms with Gasteiger partial charge in [0.05, 0.1) is 25.0 Å². The molecule has 220 valence electrons. The van der Waals surface area contributed by atoms with Gasteiger partial charge in [0, 0.05) is 23.2 Å². The average Bonchev–Trinajstić information content (AvgIpc) is 3.43. The molecule has 0 fully saturated rings. The number of benzene rings is 4. The van der Waals surface area contributed by atoms with Crippen LogP contribution in [0.4, 0.5) is 23.2 Å². The highest BCUT2D eigenvalue weighted by molar-refractivity contribution is 6.04. The Bertz CT molecular complexity index is 1730. The molecule has 5 rings (SSSR count). The van der Waals surface area contributed by atoms with Gasteiger partial charge in [0.2, 0.25) is 0 Å². The maximum atomic E-state index is 13.7. The lowest BCUT2D eigenvalue weighted by atomic mass is 10.1. The second-order valence-corrected chi connectivity index (χ2v) is 9.62. The molecule has 11 heteroatoms. The first-order valence-corrected chi connectivity index (χ1v) is 13.2. The Morgan fingerprint density at radius 2 is 1.70 bits per heavy atom. The maximum Gasteiger partial charge on any atom is 0.416 e. The van der Waals surface area contributed by atoms with E-state index in [1.54, 1.807) is 38.3 Å². The molecule has 1 amide bonds. The Hall–Kier alpha value is -5.19. The molecular formula is C32H26F4N4O3. The molecule has 1 heterocycles. The molecule has 5 aromatic rings. The fourth-order valence-corrected chi connectivity index (χ4v) is 4.29. The van der Waals surface area contributed by atoms with E-state index >= 15 is 0 Å². The van der Waals surface area contributed by atoms with Crippen LogP contribution in [-0.2, 0) is 12.6 Å². The first-order valence-electron chi connectivity index (χ1n) is 13.2. The van der Waals surface area contributed by atoms with Crippen LogP contribution in [0.25, 0.3) is 17.1 Å². The summed E-state index contributed by atoms with van der Waals surface area (Å²) < 4.78 is 65.7. The molecule has 0 saturated carbocycles. The van der Waals surface area contributed by atoms with Crippen molar-refractivity contribution in [2.75, 3.05) is 19.0 Å². The standard InChI is InChI=1S/C32H26F4N4O3/c1-20-18-23(10-15-28(20)33)30(41)37-25-4-3-5-26(19-25)40-29(22-8-11-24(12-9-22)32(34,35)36)38-31(39-40)43-17-16-21-6-13-27(42-2)14-7-21/h3-15,18-19H,16-17H2,1-2H3,(H,37,41). The second-order valence-electron chi connectivity index (χ2n) is 9.62. The van der Waals surface area contributed by atoms with Crippen LogP contribution < -0.4 is 14.8 Å². The SMILES string of the molecule is COc1ccc(CCOc2nc(-c3ccc(C(F)(F)F)cc3)n(-c3cccc(NC(=O)c4ccc(F)c(C)c4)c3)n2)cc1. The molecule has 0 aliphatic heterocycles. The Labute approximate surface area is 244 Å². The summed E-state index contributed by atoms with van der Waals surface area (Å²) in [4.78, 5) is 17.3. The van der Waals surface area contributed by atoms with Gasteiger partial charge in [0.25, 0.3) is 5.91 Å². The second kappa shape index (κ2) is 12.4. The van der Waals surface area contributed by atoms with Gasteiger partial charge in [-0.05, 0) is 78.7 Å². The summed E-state index contributed by atoms with van der Waals surface area (Å²) in [5, 5.41) is 7.25. The van der Waals surface area contributed by atoms with E-state index in [0.29, 0.717) is 28.9 Å². The van der Waals surface area contributed by atoms with E-state index in [-0.39, 0.29) is 24.0 Å². The van der Waals surface area contributed by atoms with E-state index in [0.717, 1.165) is 23.4 Å². The van der Waals surface area contributed by atoms with E-state index in [9.17, 15) is 22.4 Å². The molecule has 1 aromatic heterocycles. The van der Waals surface area contributed by atoms with Gasteiger partial charge in [-0.25, -0.2) is 9.07 Å². The molecule has 0 atom stereocenters. The fourth-order valence-electron chi connectivity index (χ4n) is 4.29. The van der Waals surface area contributed by atoms with Crippen LogP contribution in [-0.4, -0.2) is 34.4 Å². The van der Waals surface area contributed by atoms with Crippen LogP contribution in [0.5, 0.6) is 11.8 Å². The molecule has 0 unspecified atom stereocenters. The van der Waals surface area contributed by atoms with E-state index in [4.69, 9.17) is 9.47 Å². The topological polar surface area (TPSA) is 78.3 Å². The number of halogens is 4. The Morgan fingerprint density at radius 1 is 0.953 bits per heavy atom. The molecule has 7 nitrogen and oxygen atoms in total. The summed E-state index contributed by atoms with van der Waals surface area (Å²) in [6.07, 6.45) is -3.93. The maximum absolute atomic E-state index is 13.7. The van der Waals surface area contributed by atoms with Crippen molar-refractivity contribution >= 4 is 11.6 Å². The van der Waals surface area contributed by atoms with Gasteiger partial charge in [-0.2, -0.15) is 18.2 Å². The zero-order chi connectivity index (χ0) is 30.6.